The number of nitrogens with one attached hydrogen (secondary N) is 2. The van der Waals surface area contributed by atoms with E-state index >= 15 is 0 Å². The van der Waals surface area contributed by atoms with Crippen molar-refractivity contribution in [2.75, 3.05) is 18.4 Å². The predicted octanol–water partition coefficient (Wildman–Crippen LogP) is 4.03. The molecule has 0 saturated carbocycles. The smallest absolute Gasteiger partial charge is 0.382 e. The first-order chi connectivity index (χ1) is 8.05. The Bertz CT molecular complexity index is 379. The monoisotopic (exact) mass is 404 g/mol. The average molecular weight is 406 g/mol. The highest BCUT2D eigenvalue weighted by Gasteiger charge is 2.30. The van der Waals surface area contributed by atoms with E-state index in [0.29, 0.717) is 5.69 Å². The van der Waals surface area contributed by atoms with Crippen LogP contribution in [0.2, 0.25) is 0 Å². The molecule has 0 aliphatic carbocycles. The minimum absolute atomic E-state index is 0. The summed E-state index contributed by atoms with van der Waals surface area (Å²) >= 11 is 0. The van der Waals surface area contributed by atoms with E-state index in [1.165, 1.54) is 12.1 Å². The van der Waals surface area contributed by atoms with Crippen LogP contribution in [0.25, 0.3) is 0 Å². The molecule has 0 atom stereocenters. The number of rotatable bonds is 2. The second-order valence-corrected chi connectivity index (χ2v) is 4.25. The minimum Gasteiger partial charge on any atom is -0.382 e. The molecule has 7 heteroatoms. The Morgan fingerprint density at radius 2 is 1.74 bits per heavy atom. The summed E-state index contributed by atoms with van der Waals surface area (Å²) in [6.07, 6.45) is -2.39. The maximum absolute atomic E-state index is 12.5. The van der Waals surface area contributed by atoms with Crippen molar-refractivity contribution in [3.8, 4) is 0 Å². The standard InChI is InChI=1S/C12H15F3N2.2BrH/c13-12(14,15)9-2-1-3-11(8-9)17-10-4-6-16-7-5-10;;/h1-3,8,10,16-17H,4-7H2;2*1H. The molecule has 1 aromatic rings. The van der Waals surface area contributed by atoms with Gasteiger partial charge < -0.3 is 10.6 Å². The molecule has 0 amide bonds. The molecular weight excluding hydrogens is 389 g/mol. The topological polar surface area (TPSA) is 24.1 Å². The van der Waals surface area contributed by atoms with E-state index in [0.717, 1.165) is 32.0 Å². The highest BCUT2D eigenvalue weighted by atomic mass is 79.9. The number of piperidine rings is 1. The predicted molar refractivity (Wildman–Crippen MR) is 81.6 cm³/mol. The fourth-order valence-electron chi connectivity index (χ4n) is 1.99. The van der Waals surface area contributed by atoms with Crippen molar-refractivity contribution in [1.29, 1.82) is 0 Å². The fraction of sp³-hybridized carbons (Fsp3) is 0.500. The van der Waals surface area contributed by atoms with Crippen LogP contribution >= 0.6 is 34.0 Å². The number of hydrogen-bond donors (Lipinski definition) is 2. The van der Waals surface area contributed by atoms with E-state index < -0.39 is 11.7 Å². The van der Waals surface area contributed by atoms with Crippen LogP contribution in [0.15, 0.2) is 24.3 Å². The molecule has 0 spiro atoms. The van der Waals surface area contributed by atoms with Crippen molar-refractivity contribution in [3.05, 3.63) is 29.8 Å². The molecule has 1 saturated heterocycles. The normalized spacial score (nSPS) is 16.2. The molecule has 0 aromatic heterocycles. The molecule has 0 radical (unpaired) electrons. The van der Waals surface area contributed by atoms with Crippen molar-refractivity contribution in [2.24, 2.45) is 0 Å². The van der Waals surface area contributed by atoms with Crippen LogP contribution in [0, 0.1) is 0 Å². The Morgan fingerprint density at radius 3 is 2.32 bits per heavy atom. The summed E-state index contributed by atoms with van der Waals surface area (Å²) in [5.74, 6) is 0. The van der Waals surface area contributed by atoms with E-state index in [1.807, 2.05) is 0 Å². The molecule has 1 aliphatic rings. The second kappa shape index (κ2) is 8.11. The van der Waals surface area contributed by atoms with Gasteiger partial charge in [0.25, 0.3) is 0 Å². The molecule has 0 unspecified atom stereocenters. The van der Waals surface area contributed by atoms with Gasteiger partial charge in [-0.25, -0.2) is 0 Å². The van der Waals surface area contributed by atoms with Gasteiger partial charge >= 0.3 is 6.18 Å². The van der Waals surface area contributed by atoms with Gasteiger partial charge in [-0.1, -0.05) is 6.07 Å². The summed E-state index contributed by atoms with van der Waals surface area (Å²) < 4.78 is 37.5. The highest BCUT2D eigenvalue weighted by molar-refractivity contribution is 8.93. The van der Waals surface area contributed by atoms with Crippen molar-refractivity contribution < 1.29 is 13.2 Å². The molecule has 19 heavy (non-hydrogen) atoms. The van der Waals surface area contributed by atoms with Crippen LogP contribution in [-0.2, 0) is 6.18 Å². The van der Waals surface area contributed by atoms with Crippen molar-refractivity contribution in [1.82, 2.24) is 5.32 Å². The molecule has 0 bridgehead atoms. The van der Waals surface area contributed by atoms with E-state index in [1.54, 1.807) is 6.07 Å². The van der Waals surface area contributed by atoms with Crippen molar-refractivity contribution >= 4 is 39.7 Å². The molecule has 110 valence electrons. The minimum atomic E-state index is -4.27. The molecule has 1 heterocycles. The van der Waals surface area contributed by atoms with Crippen LogP contribution < -0.4 is 10.6 Å². The van der Waals surface area contributed by atoms with Gasteiger partial charge in [0.2, 0.25) is 0 Å². The van der Waals surface area contributed by atoms with Gasteiger partial charge in [-0.15, -0.1) is 34.0 Å². The lowest BCUT2D eigenvalue weighted by atomic mass is 10.1. The number of halogens is 5. The number of hydrogen-bond acceptors (Lipinski definition) is 2. The summed E-state index contributed by atoms with van der Waals surface area (Å²) in [5.41, 5.74) is -0.0526. The molecular formula is C12H17Br2F3N2. The van der Waals surface area contributed by atoms with Gasteiger partial charge in [0.15, 0.2) is 0 Å². The number of alkyl halides is 3. The Balaban J connectivity index is 0.00000162. The summed E-state index contributed by atoms with van der Waals surface area (Å²) in [4.78, 5) is 0. The average Bonchev–Trinajstić information content (AvgIpc) is 2.29. The van der Waals surface area contributed by atoms with E-state index in [-0.39, 0.29) is 40.0 Å². The van der Waals surface area contributed by atoms with Crippen LogP contribution in [0.4, 0.5) is 18.9 Å². The molecule has 1 fully saturated rings. The maximum atomic E-state index is 12.5. The molecule has 2 rings (SSSR count). The largest absolute Gasteiger partial charge is 0.416 e. The lowest BCUT2D eigenvalue weighted by Crippen LogP contribution is -2.35. The molecule has 2 nitrogen and oxygen atoms in total. The van der Waals surface area contributed by atoms with Crippen LogP contribution in [-0.4, -0.2) is 19.1 Å². The van der Waals surface area contributed by atoms with Gasteiger partial charge in [0.1, 0.15) is 0 Å². The summed E-state index contributed by atoms with van der Waals surface area (Å²) in [6, 6.07) is 5.64. The third-order valence-corrected chi connectivity index (χ3v) is 2.90. The Hall–Kier alpha value is -0.270. The van der Waals surface area contributed by atoms with Crippen molar-refractivity contribution in [3.63, 3.8) is 0 Å². The molecule has 1 aliphatic heterocycles. The van der Waals surface area contributed by atoms with Crippen molar-refractivity contribution in [2.45, 2.75) is 25.1 Å². The van der Waals surface area contributed by atoms with Gasteiger partial charge in [-0.2, -0.15) is 13.2 Å². The van der Waals surface area contributed by atoms with Gasteiger partial charge in [0, 0.05) is 11.7 Å². The number of anilines is 1. The van der Waals surface area contributed by atoms with E-state index in [2.05, 4.69) is 10.6 Å². The SMILES string of the molecule is Br.Br.FC(F)(F)c1cccc(NC2CCNCC2)c1. The Morgan fingerprint density at radius 1 is 1.11 bits per heavy atom. The highest BCUT2D eigenvalue weighted by Crippen LogP contribution is 2.30. The fourth-order valence-corrected chi connectivity index (χ4v) is 1.99. The van der Waals surface area contributed by atoms with Crippen LogP contribution in [0.1, 0.15) is 18.4 Å². The Labute approximate surface area is 131 Å². The summed E-state index contributed by atoms with van der Waals surface area (Å²) in [7, 11) is 0. The quantitative estimate of drug-likeness (QED) is 0.776. The third-order valence-electron chi connectivity index (χ3n) is 2.90. The summed E-state index contributed by atoms with van der Waals surface area (Å²) in [5, 5.41) is 6.37. The van der Waals surface area contributed by atoms with Gasteiger partial charge in [-0.05, 0) is 44.1 Å². The molecule has 1 aromatic carbocycles. The van der Waals surface area contributed by atoms with E-state index in [4.69, 9.17) is 0 Å². The molecule has 2 N–H and O–H groups in total. The first-order valence-corrected chi connectivity index (χ1v) is 5.70. The van der Waals surface area contributed by atoms with Gasteiger partial charge in [0.05, 0.1) is 5.56 Å². The zero-order chi connectivity index (χ0) is 12.3. The lowest BCUT2D eigenvalue weighted by Gasteiger charge is -2.25. The third kappa shape index (κ3) is 5.71. The summed E-state index contributed by atoms with van der Waals surface area (Å²) in [6.45, 7) is 1.83. The first-order valence-electron chi connectivity index (χ1n) is 5.70. The first kappa shape index (κ1) is 18.7. The lowest BCUT2D eigenvalue weighted by molar-refractivity contribution is -0.137. The number of benzene rings is 1. The van der Waals surface area contributed by atoms with E-state index in [9.17, 15) is 13.2 Å². The zero-order valence-corrected chi connectivity index (χ0v) is 13.6. The van der Waals surface area contributed by atoms with Gasteiger partial charge in [-0.3, -0.25) is 0 Å². The maximum Gasteiger partial charge on any atom is 0.416 e. The Kier molecular flexibility index (Phi) is 8.00. The van der Waals surface area contributed by atoms with Crippen LogP contribution in [0.5, 0.6) is 0 Å². The van der Waals surface area contributed by atoms with Crippen LogP contribution in [0.3, 0.4) is 0 Å². The second-order valence-electron chi connectivity index (χ2n) is 4.25. The zero-order valence-electron chi connectivity index (χ0n) is 10.2.